The minimum Gasteiger partial charge on any atom is -0.330 e. The summed E-state index contributed by atoms with van der Waals surface area (Å²) in [6, 6.07) is 0. The van der Waals surface area contributed by atoms with E-state index in [0.29, 0.717) is 0 Å². The summed E-state index contributed by atoms with van der Waals surface area (Å²) in [4.78, 5) is 0. The second kappa shape index (κ2) is 17.1. The van der Waals surface area contributed by atoms with E-state index in [1.807, 2.05) is 13.8 Å². The summed E-state index contributed by atoms with van der Waals surface area (Å²) < 4.78 is 0. The zero-order valence-corrected chi connectivity index (χ0v) is 9.03. The van der Waals surface area contributed by atoms with E-state index in [0.717, 1.165) is 19.5 Å². The van der Waals surface area contributed by atoms with Crippen molar-refractivity contribution in [3.8, 4) is 0 Å². The summed E-state index contributed by atoms with van der Waals surface area (Å²) >= 11 is 0. The van der Waals surface area contributed by atoms with E-state index >= 15 is 0 Å². The Morgan fingerprint density at radius 2 is 1.58 bits per heavy atom. The van der Waals surface area contributed by atoms with Crippen LogP contribution in [0.25, 0.3) is 0 Å². The lowest BCUT2D eigenvalue weighted by molar-refractivity contribution is 0.602. The van der Waals surface area contributed by atoms with Gasteiger partial charge in [-0.05, 0) is 38.9 Å². The van der Waals surface area contributed by atoms with Crippen molar-refractivity contribution >= 4 is 0 Å². The molecule has 0 fully saturated rings. The quantitative estimate of drug-likeness (QED) is 0.580. The predicted molar refractivity (Wildman–Crippen MR) is 57.4 cm³/mol. The van der Waals surface area contributed by atoms with E-state index < -0.39 is 0 Å². The summed E-state index contributed by atoms with van der Waals surface area (Å²) in [6.07, 6.45) is 4.95. The highest BCUT2D eigenvalue weighted by atomic mass is 14.8. The molecule has 0 aromatic rings. The second-order valence-corrected chi connectivity index (χ2v) is 2.60. The van der Waals surface area contributed by atoms with Crippen molar-refractivity contribution in [1.29, 1.82) is 0 Å². The maximum atomic E-state index is 5.34. The Morgan fingerprint density at radius 3 is 2.08 bits per heavy atom. The van der Waals surface area contributed by atoms with E-state index in [-0.39, 0.29) is 0 Å². The van der Waals surface area contributed by atoms with Crippen LogP contribution in [0.5, 0.6) is 0 Å². The lowest BCUT2D eigenvalue weighted by atomic mass is 10.3. The van der Waals surface area contributed by atoms with Gasteiger partial charge in [-0.1, -0.05) is 27.2 Å². The standard InChI is InChI=1S/C8H20N2.C2H6/c1-2-3-7-10-8-5-4-6-9;1-2/h10H,2-9H2,1H3;1-2H3. The van der Waals surface area contributed by atoms with E-state index in [9.17, 15) is 0 Å². The molecule has 0 saturated carbocycles. The number of hydrogen-bond acceptors (Lipinski definition) is 2. The van der Waals surface area contributed by atoms with Crippen LogP contribution in [0.1, 0.15) is 46.5 Å². The molecule has 0 radical (unpaired) electrons. The van der Waals surface area contributed by atoms with Crippen molar-refractivity contribution in [3.05, 3.63) is 0 Å². The zero-order chi connectivity index (χ0) is 9.66. The van der Waals surface area contributed by atoms with Crippen LogP contribution >= 0.6 is 0 Å². The Hall–Kier alpha value is -0.0800. The Labute approximate surface area is 77.9 Å². The number of unbranched alkanes of at least 4 members (excludes halogenated alkanes) is 2. The van der Waals surface area contributed by atoms with Crippen LogP contribution in [0.3, 0.4) is 0 Å². The third-order valence-electron chi connectivity index (χ3n) is 1.51. The van der Waals surface area contributed by atoms with Crippen molar-refractivity contribution < 1.29 is 0 Å². The number of hydrogen-bond donors (Lipinski definition) is 2. The third-order valence-corrected chi connectivity index (χ3v) is 1.51. The lowest BCUT2D eigenvalue weighted by Crippen LogP contribution is -2.17. The minimum atomic E-state index is 0.829. The summed E-state index contributed by atoms with van der Waals surface area (Å²) in [5.41, 5.74) is 5.34. The maximum absolute atomic E-state index is 5.34. The number of nitrogens with two attached hydrogens (primary N) is 1. The highest BCUT2D eigenvalue weighted by Gasteiger charge is 1.85. The van der Waals surface area contributed by atoms with Gasteiger partial charge in [0, 0.05) is 0 Å². The Balaban J connectivity index is 0. The molecule has 0 aliphatic heterocycles. The fourth-order valence-electron chi connectivity index (χ4n) is 0.821. The molecule has 0 aromatic heterocycles. The molecule has 0 saturated heterocycles. The van der Waals surface area contributed by atoms with E-state index in [1.165, 1.54) is 25.8 Å². The molecule has 0 aromatic carbocycles. The SMILES string of the molecule is CC.CCCCNCCCCN. The molecule has 0 bridgehead atoms. The van der Waals surface area contributed by atoms with Gasteiger partial charge in [-0.25, -0.2) is 0 Å². The number of rotatable bonds is 7. The number of nitrogens with one attached hydrogen (secondary N) is 1. The van der Waals surface area contributed by atoms with E-state index in [2.05, 4.69) is 12.2 Å². The smallest absolute Gasteiger partial charge is 0.00484 e. The zero-order valence-electron chi connectivity index (χ0n) is 9.03. The van der Waals surface area contributed by atoms with Crippen molar-refractivity contribution in [1.82, 2.24) is 5.32 Å². The molecular formula is C10H26N2. The topological polar surface area (TPSA) is 38.0 Å². The minimum absolute atomic E-state index is 0.829. The van der Waals surface area contributed by atoms with Gasteiger partial charge in [0.05, 0.1) is 0 Å². The average molecular weight is 174 g/mol. The van der Waals surface area contributed by atoms with Crippen LogP contribution in [0.2, 0.25) is 0 Å². The Bertz CT molecular complexity index is 47.8. The average Bonchev–Trinajstić information content (AvgIpc) is 2.15. The fraction of sp³-hybridized carbons (Fsp3) is 1.00. The largest absolute Gasteiger partial charge is 0.330 e. The lowest BCUT2D eigenvalue weighted by Gasteiger charge is -2.01. The maximum Gasteiger partial charge on any atom is -0.00484 e. The molecule has 76 valence electrons. The summed E-state index contributed by atoms with van der Waals surface area (Å²) in [5.74, 6) is 0. The summed E-state index contributed by atoms with van der Waals surface area (Å²) in [6.45, 7) is 9.34. The van der Waals surface area contributed by atoms with Crippen LogP contribution in [0.4, 0.5) is 0 Å². The van der Waals surface area contributed by atoms with Gasteiger partial charge in [0.15, 0.2) is 0 Å². The van der Waals surface area contributed by atoms with Gasteiger partial charge in [0.25, 0.3) is 0 Å². The van der Waals surface area contributed by atoms with Crippen molar-refractivity contribution in [2.24, 2.45) is 5.73 Å². The van der Waals surface area contributed by atoms with Gasteiger partial charge in [-0.2, -0.15) is 0 Å². The van der Waals surface area contributed by atoms with Crippen LogP contribution in [0.15, 0.2) is 0 Å². The van der Waals surface area contributed by atoms with Gasteiger partial charge >= 0.3 is 0 Å². The highest BCUT2D eigenvalue weighted by molar-refractivity contribution is 4.47. The first kappa shape index (κ1) is 14.4. The molecule has 0 heterocycles. The summed E-state index contributed by atoms with van der Waals surface area (Å²) in [7, 11) is 0. The van der Waals surface area contributed by atoms with E-state index in [1.54, 1.807) is 0 Å². The molecule has 0 atom stereocenters. The molecule has 0 unspecified atom stereocenters. The normalized spacial score (nSPS) is 9.00. The van der Waals surface area contributed by atoms with Crippen LogP contribution < -0.4 is 11.1 Å². The second-order valence-electron chi connectivity index (χ2n) is 2.60. The van der Waals surface area contributed by atoms with E-state index in [4.69, 9.17) is 5.73 Å². The first-order valence-electron chi connectivity index (χ1n) is 5.32. The molecule has 2 nitrogen and oxygen atoms in total. The van der Waals surface area contributed by atoms with Gasteiger partial charge in [-0.15, -0.1) is 0 Å². The molecule has 0 spiro atoms. The van der Waals surface area contributed by atoms with Gasteiger partial charge in [0.1, 0.15) is 0 Å². The van der Waals surface area contributed by atoms with Crippen LogP contribution in [-0.2, 0) is 0 Å². The fourth-order valence-corrected chi connectivity index (χ4v) is 0.821. The molecule has 3 N–H and O–H groups in total. The van der Waals surface area contributed by atoms with Gasteiger partial charge in [0.2, 0.25) is 0 Å². The molecule has 0 aliphatic carbocycles. The van der Waals surface area contributed by atoms with Crippen molar-refractivity contribution in [3.63, 3.8) is 0 Å². The van der Waals surface area contributed by atoms with Crippen LogP contribution in [0, 0.1) is 0 Å². The Morgan fingerprint density at radius 1 is 1.00 bits per heavy atom. The molecule has 12 heavy (non-hydrogen) atoms. The molecule has 0 aliphatic rings. The highest BCUT2D eigenvalue weighted by Crippen LogP contribution is 1.85. The predicted octanol–water partition coefficient (Wildman–Crippen LogP) is 2.14. The monoisotopic (exact) mass is 174 g/mol. The van der Waals surface area contributed by atoms with Gasteiger partial charge in [-0.3, -0.25) is 0 Å². The third kappa shape index (κ3) is 16.5. The first-order valence-corrected chi connectivity index (χ1v) is 5.32. The Kier molecular flexibility index (Phi) is 20.6. The molecule has 0 amide bonds. The molecule has 0 rings (SSSR count). The summed E-state index contributed by atoms with van der Waals surface area (Å²) in [5, 5.41) is 3.37. The molecular weight excluding hydrogens is 148 g/mol. The van der Waals surface area contributed by atoms with Crippen LogP contribution in [-0.4, -0.2) is 19.6 Å². The molecule has 2 heteroatoms. The van der Waals surface area contributed by atoms with Gasteiger partial charge < -0.3 is 11.1 Å². The van der Waals surface area contributed by atoms with Crippen molar-refractivity contribution in [2.45, 2.75) is 46.5 Å². The van der Waals surface area contributed by atoms with Crippen molar-refractivity contribution in [2.75, 3.05) is 19.6 Å². The first-order chi connectivity index (χ1) is 5.91.